The molecular formula is C56H42N2O3. The van der Waals surface area contributed by atoms with Crippen LogP contribution in [0.5, 0.6) is 11.5 Å². The molecule has 3 aromatic heterocycles. The Bertz CT molecular complexity index is 3180. The van der Waals surface area contributed by atoms with E-state index in [1.54, 1.807) is 12.1 Å². The second-order valence-electron chi connectivity index (χ2n) is 16.5. The normalized spacial score (nSPS) is 11.7. The number of fused-ring (bicyclic) bond motifs is 3. The van der Waals surface area contributed by atoms with Crippen LogP contribution in [0.15, 0.2) is 192 Å². The van der Waals surface area contributed by atoms with E-state index in [1.165, 1.54) is 5.56 Å². The predicted molar refractivity (Wildman–Crippen MR) is 249 cm³/mol. The summed E-state index contributed by atoms with van der Waals surface area (Å²) in [5.41, 5.74) is 14.5. The van der Waals surface area contributed by atoms with Crippen LogP contribution in [0.25, 0.3) is 100 Å². The third-order valence-corrected chi connectivity index (χ3v) is 11.5. The maximum Gasteiger partial charge on any atom is 0.136 e. The first-order valence-electron chi connectivity index (χ1n) is 20.5. The van der Waals surface area contributed by atoms with Crippen LogP contribution in [0.1, 0.15) is 26.3 Å². The molecule has 0 spiro atoms. The average molecular weight is 791 g/mol. The zero-order chi connectivity index (χ0) is 41.7. The Kier molecular flexibility index (Phi) is 9.30. The lowest BCUT2D eigenvalue weighted by Crippen LogP contribution is -2.12. The number of benzene rings is 7. The highest BCUT2D eigenvalue weighted by molar-refractivity contribution is 6.07. The van der Waals surface area contributed by atoms with Crippen LogP contribution in [-0.4, -0.2) is 20.2 Å². The first-order chi connectivity index (χ1) is 29.7. The molecule has 0 aliphatic heterocycles. The van der Waals surface area contributed by atoms with E-state index >= 15 is 0 Å². The zero-order valence-corrected chi connectivity index (χ0v) is 34.1. The van der Waals surface area contributed by atoms with Crippen molar-refractivity contribution in [2.75, 3.05) is 0 Å². The number of para-hydroxylation sites is 1. The highest BCUT2D eigenvalue weighted by atomic mass is 16.3. The number of aromatic hydroxyl groups is 2. The van der Waals surface area contributed by atoms with Gasteiger partial charge < -0.3 is 14.6 Å². The fourth-order valence-corrected chi connectivity index (χ4v) is 8.26. The van der Waals surface area contributed by atoms with Crippen LogP contribution in [0.2, 0.25) is 0 Å². The SMILES string of the molecule is CC(C)(C)c1cc(-c2ccccc2)c(-c2ccc(O)c(-c3cccc(-c4cc(-c5ccccc5)cc(-c5cc6oc7ccccc7c6cc5O)n4)n3)c2)c(-c2ccccc2)c1. The molecule has 0 saturated heterocycles. The first-order valence-corrected chi connectivity index (χ1v) is 20.5. The molecule has 5 nitrogen and oxygen atoms in total. The summed E-state index contributed by atoms with van der Waals surface area (Å²) in [5.74, 6) is 0.226. The molecule has 0 atom stereocenters. The van der Waals surface area contributed by atoms with E-state index in [9.17, 15) is 10.2 Å². The molecule has 7 aromatic carbocycles. The molecule has 0 radical (unpaired) electrons. The number of phenolic OH excluding ortho intramolecular Hbond substituents is 2. The van der Waals surface area contributed by atoms with Gasteiger partial charge >= 0.3 is 0 Å². The molecule has 0 unspecified atom stereocenters. The Hall–Kier alpha value is -7.76. The molecule has 0 aliphatic rings. The Morgan fingerprint density at radius 3 is 1.62 bits per heavy atom. The van der Waals surface area contributed by atoms with Crippen LogP contribution in [0.3, 0.4) is 0 Å². The lowest BCUT2D eigenvalue weighted by atomic mass is 9.79. The summed E-state index contributed by atoms with van der Waals surface area (Å²) < 4.78 is 6.23. The molecule has 294 valence electrons. The van der Waals surface area contributed by atoms with Crippen molar-refractivity contribution in [2.45, 2.75) is 26.2 Å². The standard InChI is InChI=1S/C56H42N2O3/c1-56(2,3)40-31-42(36-18-9-5-10-19-36)55(43(32-40)37-20-11-6-12-21-37)38-26-27-51(59)45(28-38)47-23-15-24-48(57-47)50-30-39(35-16-7-4-8-17-35)29-49(58-50)46-34-54-44(33-52(46)60)41-22-13-14-25-53(41)61-54/h4-34,59-60H,1-3H3. The van der Waals surface area contributed by atoms with Gasteiger partial charge in [0.2, 0.25) is 0 Å². The van der Waals surface area contributed by atoms with Gasteiger partial charge in [0.05, 0.1) is 22.8 Å². The molecule has 2 N–H and O–H groups in total. The average Bonchev–Trinajstić information content (AvgIpc) is 3.66. The third-order valence-electron chi connectivity index (χ3n) is 11.5. The van der Waals surface area contributed by atoms with Crippen LogP contribution < -0.4 is 0 Å². The molecule has 10 rings (SSSR count). The van der Waals surface area contributed by atoms with Crippen LogP contribution in [-0.2, 0) is 5.41 Å². The van der Waals surface area contributed by atoms with Gasteiger partial charge in [-0.2, -0.15) is 0 Å². The van der Waals surface area contributed by atoms with Crippen molar-refractivity contribution < 1.29 is 14.6 Å². The number of aromatic nitrogens is 2. The number of rotatable bonds is 7. The van der Waals surface area contributed by atoms with Crippen LogP contribution in [0, 0.1) is 0 Å². The van der Waals surface area contributed by atoms with E-state index in [1.807, 2.05) is 103 Å². The second-order valence-corrected chi connectivity index (χ2v) is 16.5. The summed E-state index contributed by atoms with van der Waals surface area (Å²) in [6, 6.07) is 62.8. The summed E-state index contributed by atoms with van der Waals surface area (Å²) in [6.45, 7) is 6.74. The summed E-state index contributed by atoms with van der Waals surface area (Å²) in [6.07, 6.45) is 0. The quantitative estimate of drug-likeness (QED) is 0.168. The number of furan rings is 1. The number of nitrogens with zero attached hydrogens (tertiary/aromatic N) is 2. The Balaban J connectivity index is 1.13. The highest BCUT2D eigenvalue weighted by Gasteiger charge is 2.23. The van der Waals surface area contributed by atoms with E-state index in [0.29, 0.717) is 39.5 Å². The Morgan fingerprint density at radius 2 is 0.951 bits per heavy atom. The van der Waals surface area contributed by atoms with Crippen molar-refractivity contribution in [3.05, 3.63) is 194 Å². The van der Waals surface area contributed by atoms with E-state index in [2.05, 4.69) is 93.6 Å². The van der Waals surface area contributed by atoms with E-state index in [-0.39, 0.29) is 16.9 Å². The minimum absolute atomic E-state index is 0.0965. The molecule has 0 fully saturated rings. The number of hydrogen-bond donors (Lipinski definition) is 2. The van der Waals surface area contributed by atoms with Gasteiger partial charge in [-0.15, -0.1) is 0 Å². The molecule has 10 aromatic rings. The van der Waals surface area contributed by atoms with Gasteiger partial charge in [0.25, 0.3) is 0 Å². The Labute approximate surface area is 354 Å². The molecule has 0 aliphatic carbocycles. The van der Waals surface area contributed by atoms with Crippen molar-refractivity contribution >= 4 is 21.9 Å². The van der Waals surface area contributed by atoms with Gasteiger partial charge in [0.15, 0.2) is 0 Å². The van der Waals surface area contributed by atoms with Crippen LogP contribution >= 0.6 is 0 Å². The first kappa shape index (κ1) is 37.5. The van der Waals surface area contributed by atoms with Gasteiger partial charge in [-0.1, -0.05) is 142 Å². The van der Waals surface area contributed by atoms with Crippen LogP contribution in [0.4, 0.5) is 0 Å². The molecule has 0 bridgehead atoms. The van der Waals surface area contributed by atoms with Crippen molar-refractivity contribution in [1.29, 1.82) is 0 Å². The number of hydrogen-bond acceptors (Lipinski definition) is 5. The van der Waals surface area contributed by atoms with Crippen molar-refractivity contribution in [2.24, 2.45) is 0 Å². The lowest BCUT2D eigenvalue weighted by molar-refractivity contribution is 0.477. The summed E-state index contributed by atoms with van der Waals surface area (Å²) in [4.78, 5) is 10.3. The second kappa shape index (κ2) is 15.1. The molecule has 0 amide bonds. The highest BCUT2D eigenvalue weighted by Crippen LogP contribution is 2.46. The number of phenols is 2. The zero-order valence-electron chi connectivity index (χ0n) is 34.1. The van der Waals surface area contributed by atoms with E-state index in [4.69, 9.17) is 14.4 Å². The van der Waals surface area contributed by atoms with Crippen molar-refractivity contribution in [1.82, 2.24) is 9.97 Å². The fourth-order valence-electron chi connectivity index (χ4n) is 8.26. The monoisotopic (exact) mass is 790 g/mol. The molecular weight excluding hydrogens is 749 g/mol. The molecule has 61 heavy (non-hydrogen) atoms. The molecule has 5 heteroatoms. The van der Waals surface area contributed by atoms with Gasteiger partial charge in [0.1, 0.15) is 22.7 Å². The topological polar surface area (TPSA) is 79.4 Å². The van der Waals surface area contributed by atoms with Gasteiger partial charge in [0, 0.05) is 21.9 Å². The smallest absolute Gasteiger partial charge is 0.136 e. The third kappa shape index (κ3) is 7.10. The molecule has 0 saturated carbocycles. The maximum atomic E-state index is 11.6. The van der Waals surface area contributed by atoms with Gasteiger partial charge in [-0.25, -0.2) is 9.97 Å². The number of pyridine rings is 2. The van der Waals surface area contributed by atoms with Gasteiger partial charge in [-0.3, -0.25) is 0 Å². The predicted octanol–water partition coefficient (Wildman–Crippen LogP) is 14.8. The summed E-state index contributed by atoms with van der Waals surface area (Å²) in [5, 5.41) is 24.9. The van der Waals surface area contributed by atoms with Crippen molar-refractivity contribution in [3.63, 3.8) is 0 Å². The summed E-state index contributed by atoms with van der Waals surface area (Å²) >= 11 is 0. The summed E-state index contributed by atoms with van der Waals surface area (Å²) in [7, 11) is 0. The lowest BCUT2D eigenvalue weighted by Gasteiger charge is -2.25. The largest absolute Gasteiger partial charge is 0.507 e. The van der Waals surface area contributed by atoms with E-state index < -0.39 is 0 Å². The van der Waals surface area contributed by atoms with Gasteiger partial charge in [-0.05, 0) is 122 Å². The maximum absolute atomic E-state index is 11.6. The minimum atomic E-state index is -0.0965. The molecule has 3 heterocycles. The van der Waals surface area contributed by atoms with E-state index in [0.717, 1.165) is 60.9 Å². The Morgan fingerprint density at radius 1 is 0.377 bits per heavy atom. The van der Waals surface area contributed by atoms with Crippen molar-refractivity contribution in [3.8, 4) is 89.9 Å². The fraction of sp³-hybridized carbons (Fsp3) is 0.0714. The minimum Gasteiger partial charge on any atom is -0.507 e.